The van der Waals surface area contributed by atoms with Crippen molar-refractivity contribution in [1.82, 2.24) is 9.97 Å². The molecular weight excluding hydrogens is 276 g/mol. The van der Waals surface area contributed by atoms with Crippen molar-refractivity contribution in [3.05, 3.63) is 52.4 Å². The summed E-state index contributed by atoms with van der Waals surface area (Å²) in [6, 6.07) is 9.17. The molecule has 0 saturated heterocycles. The summed E-state index contributed by atoms with van der Waals surface area (Å²) < 4.78 is 0. The highest BCUT2D eigenvalue weighted by molar-refractivity contribution is 6.28. The molecule has 1 aliphatic heterocycles. The number of carbonyl (C=O) groups is 1. The van der Waals surface area contributed by atoms with Gasteiger partial charge in [0.1, 0.15) is 5.82 Å². The molecule has 0 spiro atoms. The number of rotatable bonds is 2. The Balaban J connectivity index is 1.89. The molecule has 0 fully saturated rings. The Hall–Kier alpha value is -2.45. The third kappa shape index (κ3) is 2.22. The molecule has 3 rings (SSSR count). The fourth-order valence-corrected chi connectivity index (χ4v) is 2.27. The molecule has 1 aromatic carbocycles. The van der Waals surface area contributed by atoms with E-state index in [0.29, 0.717) is 24.3 Å². The van der Waals surface area contributed by atoms with Gasteiger partial charge in [0.05, 0.1) is 24.6 Å². The largest absolute Gasteiger partial charge is 0.292 e. The molecule has 0 radical (unpaired) electrons. The highest BCUT2D eigenvalue weighted by Gasteiger charge is 2.29. The number of hydrogen-bond donors (Lipinski definition) is 0. The van der Waals surface area contributed by atoms with E-state index >= 15 is 0 Å². The Labute approximate surface area is 120 Å². The maximum Gasteiger partial charge on any atom is 0.233 e. The molecule has 1 aromatic heterocycles. The molecular formula is C14H9ClN4O. The van der Waals surface area contributed by atoms with Crippen LogP contribution in [0.4, 0.5) is 5.82 Å². The van der Waals surface area contributed by atoms with Crippen LogP contribution in [0, 0.1) is 11.3 Å². The topological polar surface area (TPSA) is 69.9 Å². The average molecular weight is 285 g/mol. The van der Waals surface area contributed by atoms with Gasteiger partial charge in [0.25, 0.3) is 0 Å². The lowest BCUT2D eigenvalue weighted by Gasteiger charge is -2.16. The molecule has 2 heterocycles. The molecule has 0 saturated carbocycles. The summed E-state index contributed by atoms with van der Waals surface area (Å²) in [5, 5.41) is 8.90. The van der Waals surface area contributed by atoms with Crippen molar-refractivity contribution in [2.75, 3.05) is 4.90 Å². The highest BCUT2D eigenvalue weighted by Crippen LogP contribution is 2.28. The van der Waals surface area contributed by atoms with E-state index in [-0.39, 0.29) is 11.2 Å². The number of aromatic nitrogens is 2. The fourth-order valence-electron chi connectivity index (χ4n) is 2.14. The number of carbonyl (C=O) groups excluding carboxylic acids is 1. The van der Waals surface area contributed by atoms with Crippen LogP contribution in [0.25, 0.3) is 0 Å². The van der Waals surface area contributed by atoms with Crippen LogP contribution in [0.2, 0.25) is 5.28 Å². The second-order valence-electron chi connectivity index (χ2n) is 4.45. The van der Waals surface area contributed by atoms with Crippen LogP contribution in [0.1, 0.15) is 16.7 Å². The lowest BCUT2D eigenvalue weighted by molar-refractivity contribution is -0.117. The first-order valence-electron chi connectivity index (χ1n) is 5.98. The number of anilines is 1. The van der Waals surface area contributed by atoms with E-state index in [1.54, 1.807) is 23.2 Å². The van der Waals surface area contributed by atoms with Crippen molar-refractivity contribution in [2.24, 2.45) is 0 Å². The first kappa shape index (κ1) is 12.6. The van der Waals surface area contributed by atoms with Crippen molar-refractivity contribution in [3.8, 4) is 6.07 Å². The minimum Gasteiger partial charge on any atom is -0.292 e. The Morgan fingerprint density at radius 2 is 2.10 bits per heavy atom. The van der Waals surface area contributed by atoms with E-state index in [9.17, 15) is 4.79 Å². The van der Waals surface area contributed by atoms with Gasteiger partial charge in [-0.3, -0.25) is 9.69 Å². The van der Waals surface area contributed by atoms with Crippen LogP contribution in [0.5, 0.6) is 0 Å². The normalized spacial score (nSPS) is 13.2. The molecule has 98 valence electrons. The van der Waals surface area contributed by atoms with E-state index in [1.165, 1.54) is 0 Å². The quantitative estimate of drug-likeness (QED) is 0.792. The minimum atomic E-state index is -0.0269. The van der Waals surface area contributed by atoms with Gasteiger partial charge in [-0.2, -0.15) is 10.2 Å². The maximum atomic E-state index is 12.0. The number of hydrogen-bond acceptors (Lipinski definition) is 4. The third-order valence-corrected chi connectivity index (χ3v) is 3.32. The Morgan fingerprint density at radius 1 is 1.35 bits per heavy atom. The fraction of sp³-hybridized carbons (Fsp3) is 0.143. The second-order valence-corrected chi connectivity index (χ2v) is 4.79. The summed E-state index contributed by atoms with van der Waals surface area (Å²) in [7, 11) is 0. The molecule has 2 aromatic rings. The minimum absolute atomic E-state index is 0.0269. The van der Waals surface area contributed by atoms with Gasteiger partial charge < -0.3 is 0 Å². The summed E-state index contributed by atoms with van der Waals surface area (Å²) in [6.07, 6.45) is 1.88. The number of amides is 1. The number of nitriles is 1. The van der Waals surface area contributed by atoms with Crippen LogP contribution in [0.15, 0.2) is 30.5 Å². The van der Waals surface area contributed by atoms with Gasteiger partial charge in [-0.05, 0) is 29.3 Å². The van der Waals surface area contributed by atoms with E-state index < -0.39 is 0 Å². The molecule has 0 atom stereocenters. The zero-order valence-electron chi connectivity index (χ0n) is 10.4. The lowest BCUT2D eigenvalue weighted by Crippen LogP contribution is -2.26. The van der Waals surface area contributed by atoms with E-state index in [4.69, 9.17) is 16.9 Å². The van der Waals surface area contributed by atoms with E-state index in [2.05, 4.69) is 16.0 Å². The molecule has 20 heavy (non-hydrogen) atoms. The van der Waals surface area contributed by atoms with Crippen molar-refractivity contribution in [1.29, 1.82) is 5.26 Å². The summed E-state index contributed by atoms with van der Waals surface area (Å²) >= 11 is 5.78. The van der Waals surface area contributed by atoms with Crippen LogP contribution >= 0.6 is 11.6 Å². The average Bonchev–Trinajstić information content (AvgIpc) is 2.76. The standard InChI is InChI=1S/C14H9ClN4O/c15-14-17-7-11-5-12(20)19(13(11)18-14)8-10-3-1-9(6-16)2-4-10/h1-4,7H,5,8H2. The zero-order chi connectivity index (χ0) is 14.1. The van der Waals surface area contributed by atoms with Gasteiger partial charge >= 0.3 is 0 Å². The van der Waals surface area contributed by atoms with E-state index in [1.807, 2.05) is 12.1 Å². The number of nitrogens with zero attached hydrogens (tertiary/aromatic N) is 4. The van der Waals surface area contributed by atoms with Crippen LogP contribution in [-0.2, 0) is 17.8 Å². The first-order valence-corrected chi connectivity index (χ1v) is 6.36. The summed E-state index contributed by atoms with van der Waals surface area (Å²) in [4.78, 5) is 21.6. The van der Waals surface area contributed by atoms with Crippen LogP contribution in [0.3, 0.4) is 0 Å². The zero-order valence-corrected chi connectivity index (χ0v) is 11.1. The third-order valence-electron chi connectivity index (χ3n) is 3.13. The first-order chi connectivity index (χ1) is 9.67. The SMILES string of the molecule is N#Cc1ccc(CN2C(=O)Cc3cnc(Cl)nc32)cc1. The Morgan fingerprint density at radius 3 is 2.80 bits per heavy atom. The number of halogens is 1. The van der Waals surface area contributed by atoms with Crippen molar-refractivity contribution < 1.29 is 4.79 Å². The van der Waals surface area contributed by atoms with Gasteiger partial charge in [0.15, 0.2) is 0 Å². The maximum absolute atomic E-state index is 12.0. The van der Waals surface area contributed by atoms with Gasteiger partial charge in [-0.15, -0.1) is 0 Å². The van der Waals surface area contributed by atoms with Crippen LogP contribution < -0.4 is 4.90 Å². The molecule has 0 N–H and O–H groups in total. The molecule has 0 aliphatic carbocycles. The molecule has 0 unspecified atom stereocenters. The Kier molecular flexibility index (Phi) is 3.09. The number of fused-ring (bicyclic) bond motifs is 1. The molecule has 1 amide bonds. The lowest BCUT2D eigenvalue weighted by atomic mass is 10.1. The Bertz CT molecular complexity index is 721. The summed E-state index contributed by atoms with van der Waals surface area (Å²) in [5.41, 5.74) is 2.31. The number of benzene rings is 1. The predicted octanol–water partition coefficient (Wildman–Crippen LogP) is 2.09. The van der Waals surface area contributed by atoms with Gasteiger partial charge in [-0.25, -0.2) is 4.98 Å². The summed E-state index contributed by atoms with van der Waals surface area (Å²) in [6.45, 7) is 0.408. The summed E-state index contributed by atoms with van der Waals surface area (Å²) in [5.74, 6) is 0.542. The highest BCUT2D eigenvalue weighted by atomic mass is 35.5. The van der Waals surface area contributed by atoms with Gasteiger partial charge in [0, 0.05) is 11.8 Å². The molecule has 1 aliphatic rings. The van der Waals surface area contributed by atoms with Crippen molar-refractivity contribution >= 4 is 23.3 Å². The van der Waals surface area contributed by atoms with Crippen molar-refractivity contribution in [3.63, 3.8) is 0 Å². The van der Waals surface area contributed by atoms with Gasteiger partial charge in [-0.1, -0.05) is 12.1 Å². The molecule has 5 nitrogen and oxygen atoms in total. The van der Waals surface area contributed by atoms with E-state index in [0.717, 1.165) is 11.1 Å². The monoisotopic (exact) mass is 284 g/mol. The molecule has 0 bridgehead atoms. The molecule has 6 heteroatoms. The predicted molar refractivity (Wildman–Crippen MR) is 73.1 cm³/mol. The second kappa shape index (κ2) is 4.91. The van der Waals surface area contributed by atoms with Crippen molar-refractivity contribution in [2.45, 2.75) is 13.0 Å². The van der Waals surface area contributed by atoms with Crippen LogP contribution in [-0.4, -0.2) is 15.9 Å². The van der Waals surface area contributed by atoms with Gasteiger partial charge in [0.2, 0.25) is 11.2 Å². The smallest absolute Gasteiger partial charge is 0.233 e.